The van der Waals surface area contributed by atoms with Crippen molar-refractivity contribution in [1.29, 1.82) is 0 Å². The Morgan fingerprint density at radius 2 is 1.40 bits per heavy atom. The first kappa shape index (κ1) is 16.6. The Morgan fingerprint density at radius 3 is 1.40 bits per heavy atom. The van der Waals surface area contributed by atoms with Gasteiger partial charge in [0.15, 0.2) is 0 Å². The average molecular weight is 158 g/mol. The van der Waals surface area contributed by atoms with Crippen molar-refractivity contribution >= 4 is 16.3 Å². The van der Waals surface area contributed by atoms with E-state index in [1.165, 1.54) is 0 Å². The summed E-state index contributed by atoms with van der Waals surface area (Å²) in [6.45, 7) is 6.60. The Labute approximate surface area is 72.0 Å². The third kappa shape index (κ3) is 298. The maximum atomic E-state index is 8.93. The molecule has 0 aliphatic heterocycles. The smallest absolute Gasteiger partial charge is 0.0809 e. The second-order valence-corrected chi connectivity index (χ2v) is 1.57. The maximum Gasteiger partial charge on any atom is -0.0809 e. The number of allylic oxidation sites excluding steroid dienone is 1. The van der Waals surface area contributed by atoms with Crippen molar-refractivity contribution in [3.8, 4) is 0 Å². The van der Waals surface area contributed by atoms with Crippen LogP contribution in [0.15, 0.2) is 12.7 Å². The van der Waals surface area contributed by atoms with Gasteiger partial charge in [-0.25, -0.2) is 0 Å². The summed E-state index contributed by atoms with van der Waals surface area (Å²) in [5.41, 5.74) is 0. The van der Waals surface area contributed by atoms with E-state index in [9.17, 15) is 0 Å². The van der Waals surface area contributed by atoms with E-state index in [1.54, 1.807) is 13.8 Å². The van der Waals surface area contributed by atoms with Crippen LogP contribution in [0, 0.1) is 0 Å². The van der Waals surface area contributed by atoms with Gasteiger partial charge in [0, 0.05) is 0 Å². The summed E-state index contributed by atoms with van der Waals surface area (Å²) >= 11 is 2.54. The third-order valence-corrected chi connectivity index (χ3v) is 0.500. The summed E-state index contributed by atoms with van der Waals surface area (Å²) in [6.07, 6.45) is 1.84. The molecule has 0 bridgehead atoms. The van der Waals surface area contributed by atoms with Gasteiger partial charge >= 0.3 is 34.2 Å². The van der Waals surface area contributed by atoms with E-state index in [-0.39, 0.29) is 13.2 Å². The van der Waals surface area contributed by atoms with Crippen molar-refractivity contribution in [2.75, 3.05) is 13.2 Å². The maximum absolute atomic E-state index is 8.93. The number of rotatable bonds is 1. The monoisotopic (exact) mass is 158 g/mol. The first-order valence-corrected chi connectivity index (χ1v) is 4.03. The van der Waals surface area contributed by atoms with Crippen LogP contribution >= 0.6 is 0 Å². The number of hydrogen-bond acceptors (Lipinski definition) is 2. The molecule has 0 N–H and O–H groups in total. The number of hydrogen-bond donors (Lipinski definition) is 0. The van der Waals surface area contributed by atoms with Crippen LogP contribution in [0.2, 0.25) is 5.28 Å². The molecule has 0 aliphatic carbocycles. The Kier molecular flexibility index (Phi) is 58.4. The SMILES string of the molecule is C=C[CH2][Al+2].CC[O-].CC[O-]. The predicted molar refractivity (Wildman–Crippen MR) is 41.8 cm³/mol. The fraction of sp³-hybridized carbons (Fsp3) is 0.714. The molecule has 0 aromatic rings. The van der Waals surface area contributed by atoms with Gasteiger partial charge < -0.3 is 10.2 Å². The minimum atomic E-state index is 0. The minimum Gasteiger partial charge on any atom is -0.855 e. The van der Waals surface area contributed by atoms with Gasteiger partial charge in [-0.3, -0.25) is 0 Å². The minimum absolute atomic E-state index is 0. The summed E-state index contributed by atoms with van der Waals surface area (Å²) in [5.74, 6) is 0. The van der Waals surface area contributed by atoms with Crippen LogP contribution in [0.25, 0.3) is 0 Å². The Bertz CT molecular complexity index is 38.6. The van der Waals surface area contributed by atoms with Gasteiger partial charge in [-0.05, 0) is 0 Å². The van der Waals surface area contributed by atoms with Crippen molar-refractivity contribution in [3.63, 3.8) is 0 Å². The molecule has 0 aromatic carbocycles. The van der Waals surface area contributed by atoms with Crippen LogP contribution in [0.3, 0.4) is 0 Å². The molecule has 0 amide bonds. The fourth-order valence-electron chi connectivity index (χ4n) is 0. The van der Waals surface area contributed by atoms with Crippen LogP contribution in [0.5, 0.6) is 0 Å². The average Bonchev–Trinajstić information content (AvgIpc) is 1.91. The zero-order valence-corrected chi connectivity index (χ0v) is 7.95. The van der Waals surface area contributed by atoms with Crippen molar-refractivity contribution in [2.24, 2.45) is 0 Å². The van der Waals surface area contributed by atoms with Gasteiger partial charge in [0.2, 0.25) is 0 Å². The molecular formula is C7H15AlO2. The summed E-state index contributed by atoms with van der Waals surface area (Å²) in [7, 11) is 0. The van der Waals surface area contributed by atoms with E-state index in [1.807, 2.05) is 6.08 Å². The van der Waals surface area contributed by atoms with Gasteiger partial charge in [-0.15, -0.1) is 13.2 Å². The molecule has 0 radical (unpaired) electrons. The summed E-state index contributed by atoms with van der Waals surface area (Å²) in [4.78, 5) is 0. The molecule has 0 rings (SSSR count). The van der Waals surface area contributed by atoms with Gasteiger partial charge in [0.25, 0.3) is 0 Å². The molecule has 0 saturated heterocycles. The molecule has 3 heteroatoms. The zero-order valence-electron chi connectivity index (χ0n) is 6.80. The molecule has 0 heterocycles. The van der Waals surface area contributed by atoms with Crippen molar-refractivity contribution < 1.29 is 10.2 Å². The zero-order chi connectivity index (χ0) is 8.83. The molecular weight excluding hydrogens is 143 g/mol. The molecule has 2 nitrogen and oxygen atoms in total. The molecule has 0 aliphatic rings. The molecule has 10 heavy (non-hydrogen) atoms. The van der Waals surface area contributed by atoms with E-state index in [0.717, 1.165) is 5.28 Å². The molecule has 58 valence electrons. The van der Waals surface area contributed by atoms with Crippen molar-refractivity contribution in [2.45, 2.75) is 19.1 Å². The molecule has 0 aromatic heterocycles. The quantitative estimate of drug-likeness (QED) is 0.381. The largest absolute Gasteiger partial charge is 0.855 e. The Balaban J connectivity index is -0.0000000750. The van der Waals surface area contributed by atoms with Crippen LogP contribution in [-0.2, 0) is 0 Å². The Morgan fingerprint density at radius 1 is 1.30 bits per heavy atom. The van der Waals surface area contributed by atoms with Gasteiger partial charge in [-0.2, -0.15) is 0 Å². The van der Waals surface area contributed by atoms with Crippen molar-refractivity contribution in [1.82, 2.24) is 0 Å². The van der Waals surface area contributed by atoms with Gasteiger partial charge in [0.1, 0.15) is 0 Å². The van der Waals surface area contributed by atoms with Crippen molar-refractivity contribution in [3.05, 3.63) is 12.7 Å². The predicted octanol–water partition coefficient (Wildman–Crippen LogP) is -0.508. The van der Waals surface area contributed by atoms with Crippen LogP contribution in [0.4, 0.5) is 0 Å². The summed E-state index contributed by atoms with van der Waals surface area (Å²) in [6, 6.07) is 0. The van der Waals surface area contributed by atoms with E-state index in [4.69, 9.17) is 10.2 Å². The first-order chi connectivity index (χ1) is 4.74. The van der Waals surface area contributed by atoms with E-state index >= 15 is 0 Å². The van der Waals surface area contributed by atoms with Crippen LogP contribution in [0.1, 0.15) is 13.8 Å². The summed E-state index contributed by atoms with van der Waals surface area (Å²) in [5, 5.41) is 18.9. The second-order valence-electron chi connectivity index (χ2n) is 1.10. The first-order valence-electron chi connectivity index (χ1n) is 3.22. The fourth-order valence-corrected chi connectivity index (χ4v) is 0. The molecule has 0 atom stereocenters. The molecule has 0 saturated carbocycles. The summed E-state index contributed by atoms with van der Waals surface area (Å²) < 4.78 is 0. The van der Waals surface area contributed by atoms with E-state index < -0.39 is 0 Å². The van der Waals surface area contributed by atoms with Gasteiger partial charge in [0.05, 0.1) is 0 Å². The van der Waals surface area contributed by atoms with E-state index in [2.05, 4.69) is 22.9 Å². The van der Waals surface area contributed by atoms with Crippen LogP contribution < -0.4 is 10.2 Å². The standard InChI is InChI=1S/C3H5.2C2H5O.Al/c1-3-2;2*1-2-3;/h3H,1-2H2;2*2H2,1H3;/q;2*-1;+2. The van der Waals surface area contributed by atoms with E-state index in [0.29, 0.717) is 0 Å². The second kappa shape index (κ2) is 35.1. The Hall–Kier alpha value is 0.192. The molecule has 0 fully saturated rings. The third-order valence-electron chi connectivity index (χ3n) is 0.167. The van der Waals surface area contributed by atoms with Crippen LogP contribution in [-0.4, -0.2) is 29.5 Å². The topological polar surface area (TPSA) is 46.1 Å². The molecule has 0 spiro atoms. The van der Waals surface area contributed by atoms with Gasteiger partial charge in [-0.1, -0.05) is 13.8 Å². The molecule has 0 unspecified atom stereocenters. The normalized spacial score (nSPS) is 6.20.